The van der Waals surface area contributed by atoms with E-state index in [1.54, 1.807) is 30.0 Å². The minimum Gasteiger partial charge on any atom is -0.479 e. The second-order valence-corrected chi connectivity index (χ2v) is 7.69. The number of carbonyl (C=O) groups is 2. The number of benzene rings is 1. The molecular weight excluding hydrogens is 405 g/mol. The van der Waals surface area contributed by atoms with Crippen molar-refractivity contribution in [2.75, 3.05) is 59.0 Å². The van der Waals surface area contributed by atoms with E-state index in [4.69, 9.17) is 32.7 Å². The minimum absolute atomic E-state index is 0.101. The van der Waals surface area contributed by atoms with Gasteiger partial charge in [0.2, 0.25) is 5.91 Å². The van der Waals surface area contributed by atoms with Crippen molar-refractivity contribution in [1.82, 2.24) is 14.7 Å². The highest BCUT2D eigenvalue weighted by molar-refractivity contribution is 6.42. The average molecular weight is 430 g/mol. The van der Waals surface area contributed by atoms with Crippen molar-refractivity contribution in [3.05, 3.63) is 28.2 Å². The van der Waals surface area contributed by atoms with E-state index in [9.17, 15) is 9.59 Å². The number of hydrogen-bond acceptors (Lipinski definition) is 5. The first-order valence-corrected chi connectivity index (χ1v) is 10.2. The highest BCUT2D eigenvalue weighted by Gasteiger charge is 2.29. The van der Waals surface area contributed by atoms with Gasteiger partial charge in [0.05, 0.1) is 24.8 Å². The van der Waals surface area contributed by atoms with Gasteiger partial charge in [-0.1, -0.05) is 29.3 Å². The van der Waals surface area contributed by atoms with Gasteiger partial charge in [-0.2, -0.15) is 0 Å². The van der Waals surface area contributed by atoms with Gasteiger partial charge in [0, 0.05) is 39.3 Å². The lowest BCUT2D eigenvalue weighted by Crippen LogP contribution is -2.55. The van der Waals surface area contributed by atoms with Crippen LogP contribution in [0.1, 0.15) is 6.92 Å². The third kappa shape index (κ3) is 5.29. The van der Waals surface area contributed by atoms with E-state index in [0.29, 0.717) is 61.7 Å². The van der Waals surface area contributed by atoms with Crippen LogP contribution in [-0.4, -0.2) is 91.6 Å². The highest BCUT2D eigenvalue weighted by atomic mass is 35.5. The molecule has 0 spiro atoms. The lowest BCUT2D eigenvalue weighted by atomic mass is 10.2. The maximum atomic E-state index is 12.7. The van der Waals surface area contributed by atoms with Crippen LogP contribution in [0.25, 0.3) is 0 Å². The molecule has 1 atom stereocenters. The number of morpholine rings is 1. The van der Waals surface area contributed by atoms with E-state index in [0.717, 1.165) is 13.1 Å². The van der Waals surface area contributed by atoms with Gasteiger partial charge in [-0.3, -0.25) is 14.5 Å². The van der Waals surface area contributed by atoms with Crippen molar-refractivity contribution >= 4 is 35.0 Å². The number of halogens is 2. The van der Waals surface area contributed by atoms with Crippen LogP contribution in [0.3, 0.4) is 0 Å². The summed E-state index contributed by atoms with van der Waals surface area (Å²) in [6.07, 6.45) is -0.688. The summed E-state index contributed by atoms with van der Waals surface area (Å²) in [4.78, 5) is 30.8. The van der Waals surface area contributed by atoms with Gasteiger partial charge in [-0.05, 0) is 19.1 Å². The maximum Gasteiger partial charge on any atom is 0.263 e. The molecule has 3 rings (SSSR count). The van der Waals surface area contributed by atoms with E-state index in [1.807, 2.05) is 4.90 Å². The van der Waals surface area contributed by atoms with Gasteiger partial charge in [-0.15, -0.1) is 0 Å². The maximum absolute atomic E-state index is 12.7. The third-order valence-corrected chi connectivity index (χ3v) is 5.78. The quantitative estimate of drug-likeness (QED) is 0.713. The Bertz CT molecular complexity index is 704. The van der Waals surface area contributed by atoms with Crippen LogP contribution in [0.2, 0.25) is 10.0 Å². The third-order valence-electron chi connectivity index (χ3n) is 4.97. The largest absolute Gasteiger partial charge is 0.479 e. The van der Waals surface area contributed by atoms with Crippen LogP contribution in [0.4, 0.5) is 0 Å². The summed E-state index contributed by atoms with van der Waals surface area (Å²) in [5, 5.41) is 0.675. The molecule has 28 heavy (non-hydrogen) atoms. The summed E-state index contributed by atoms with van der Waals surface area (Å²) < 4.78 is 11.0. The number of carbonyl (C=O) groups excluding carboxylic acids is 2. The van der Waals surface area contributed by atoms with E-state index in [1.165, 1.54) is 0 Å². The summed E-state index contributed by atoms with van der Waals surface area (Å²) in [5.41, 5.74) is 0. The zero-order valence-electron chi connectivity index (χ0n) is 15.9. The molecule has 2 heterocycles. The number of piperazine rings is 1. The lowest BCUT2D eigenvalue weighted by Gasteiger charge is -2.37. The molecule has 1 unspecified atom stereocenters. The second-order valence-electron chi connectivity index (χ2n) is 6.91. The molecule has 1 aromatic carbocycles. The molecule has 0 saturated carbocycles. The highest BCUT2D eigenvalue weighted by Crippen LogP contribution is 2.32. The standard InChI is InChI=1S/C19H25Cl2N3O4/c1-14(28-16-4-2-3-15(20)18(16)21)19(26)24-7-5-23(6-8-24)17(25)13-22-9-11-27-12-10-22/h2-4,14H,5-13H2,1H3. The molecule has 1 aromatic rings. The number of nitrogens with zero attached hydrogens (tertiary/aromatic N) is 3. The monoisotopic (exact) mass is 429 g/mol. The zero-order valence-corrected chi connectivity index (χ0v) is 17.4. The number of ether oxygens (including phenoxy) is 2. The fourth-order valence-corrected chi connectivity index (χ4v) is 3.64. The number of amides is 2. The molecule has 9 heteroatoms. The van der Waals surface area contributed by atoms with E-state index >= 15 is 0 Å². The fraction of sp³-hybridized carbons (Fsp3) is 0.579. The molecule has 2 aliphatic heterocycles. The summed E-state index contributed by atoms with van der Waals surface area (Å²) in [7, 11) is 0. The van der Waals surface area contributed by atoms with Crippen molar-refractivity contribution in [3.8, 4) is 5.75 Å². The number of rotatable bonds is 5. The molecule has 2 fully saturated rings. The van der Waals surface area contributed by atoms with Crippen LogP contribution < -0.4 is 4.74 Å². The Morgan fingerprint density at radius 3 is 2.39 bits per heavy atom. The van der Waals surface area contributed by atoms with Crippen LogP contribution >= 0.6 is 23.2 Å². The molecule has 0 radical (unpaired) electrons. The topological polar surface area (TPSA) is 62.3 Å². The molecular formula is C19H25Cl2N3O4. The summed E-state index contributed by atoms with van der Waals surface area (Å²) in [6.45, 7) is 7.04. The summed E-state index contributed by atoms with van der Waals surface area (Å²) in [6, 6.07) is 5.07. The van der Waals surface area contributed by atoms with Crippen LogP contribution in [0.15, 0.2) is 18.2 Å². The lowest BCUT2D eigenvalue weighted by molar-refractivity contribution is -0.144. The smallest absolute Gasteiger partial charge is 0.263 e. The molecule has 2 aliphatic rings. The van der Waals surface area contributed by atoms with Gasteiger partial charge in [0.15, 0.2) is 6.10 Å². The molecule has 154 valence electrons. The second kappa shape index (κ2) is 9.78. The van der Waals surface area contributed by atoms with E-state index < -0.39 is 6.10 Å². The first kappa shape index (κ1) is 21.2. The SMILES string of the molecule is CC(Oc1cccc(Cl)c1Cl)C(=O)N1CCN(C(=O)CN2CCOCC2)CC1. The molecule has 0 aromatic heterocycles. The van der Waals surface area contributed by atoms with Crippen LogP contribution in [0.5, 0.6) is 5.75 Å². The van der Waals surface area contributed by atoms with E-state index in [-0.39, 0.29) is 11.8 Å². The Morgan fingerprint density at radius 2 is 1.71 bits per heavy atom. The Morgan fingerprint density at radius 1 is 1.07 bits per heavy atom. The van der Waals surface area contributed by atoms with Gasteiger partial charge in [-0.25, -0.2) is 0 Å². The molecule has 0 aliphatic carbocycles. The molecule has 7 nitrogen and oxygen atoms in total. The Hall–Kier alpha value is -1.54. The summed E-state index contributed by atoms with van der Waals surface area (Å²) in [5.74, 6) is 0.356. The van der Waals surface area contributed by atoms with Crippen LogP contribution in [0, 0.1) is 0 Å². The van der Waals surface area contributed by atoms with Crippen molar-refractivity contribution in [1.29, 1.82) is 0 Å². The van der Waals surface area contributed by atoms with Crippen molar-refractivity contribution in [2.45, 2.75) is 13.0 Å². The first-order valence-electron chi connectivity index (χ1n) is 9.43. The molecule has 0 bridgehead atoms. The Labute approximate surface area is 175 Å². The predicted octanol–water partition coefficient (Wildman–Crippen LogP) is 1.76. The normalized spacial score (nSPS) is 19.4. The Balaban J connectivity index is 1.47. The van der Waals surface area contributed by atoms with E-state index in [2.05, 4.69) is 4.90 Å². The van der Waals surface area contributed by atoms with Gasteiger partial charge >= 0.3 is 0 Å². The first-order chi connectivity index (χ1) is 13.5. The van der Waals surface area contributed by atoms with Crippen molar-refractivity contribution in [2.24, 2.45) is 0 Å². The van der Waals surface area contributed by atoms with Gasteiger partial charge in [0.1, 0.15) is 10.8 Å². The fourth-order valence-electron chi connectivity index (χ4n) is 3.30. The van der Waals surface area contributed by atoms with Crippen molar-refractivity contribution < 1.29 is 19.1 Å². The average Bonchev–Trinajstić information content (AvgIpc) is 2.71. The molecule has 2 saturated heterocycles. The molecule has 2 amide bonds. The minimum atomic E-state index is -0.688. The van der Waals surface area contributed by atoms with Gasteiger partial charge < -0.3 is 19.3 Å². The molecule has 0 N–H and O–H groups in total. The summed E-state index contributed by atoms with van der Waals surface area (Å²) >= 11 is 12.1. The Kier molecular flexibility index (Phi) is 7.40. The van der Waals surface area contributed by atoms with Crippen LogP contribution in [-0.2, 0) is 14.3 Å². The number of hydrogen-bond donors (Lipinski definition) is 0. The van der Waals surface area contributed by atoms with Gasteiger partial charge in [0.25, 0.3) is 5.91 Å². The predicted molar refractivity (Wildman–Crippen MR) is 107 cm³/mol. The zero-order chi connectivity index (χ0) is 20.1. The van der Waals surface area contributed by atoms with Crippen molar-refractivity contribution in [3.63, 3.8) is 0 Å².